The molecule has 7 heteroatoms. The molecule has 2 fully saturated rings. The molecule has 0 saturated carbocycles. The average Bonchev–Trinajstić information content (AvgIpc) is 3.16. The first-order chi connectivity index (χ1) is 13.3. The van der Waals surface area contributed by atoms with Crippen LogP contribution in [0, 0.1) is 5.92 Å². The van der Waals surface area contributed by atoms with Gasteiger partial charge in [0.05, 0.1) is 19.8 Å². The van der Waals surface area contributed by atoms with E-state index in [9.17, 15) is 0 Å². The molecule has 0 radical (unpaired) electrons. The van der Waals surface area contributed by atoms with Crippen LogP contribution in [0.3, 0.4) is 0 Å². The number of halogens is 1. The summed E-state index contributed by atoms with van der Waals surface area (Å²) in [6.45, 7) is 12.3. The Hall–Kier alpha value is -0.120. The normalized spacial score (nSPS) is 21.0. The molecule has 2 saturated heterocycles. The van der Waals surface area contributed by atoms with Crippen molar-refractivity contribution in [1.29, 1.82) is 0 Å². The topological polar surface area (TPSA) is 49.3 Å². The highest BCUT2D eigenvalue weighted by Gasteiger charge is 2.24. The number of piperidine rings is 1. The molecule has 2 aliphatic rings. The molecule has 1 unspecified atom stereocenters. The lowest BCUT2D eigenvalue weighted by molar-refractivity contribution is 0.0536. The van der Waals surface area contributed by atoms with Gasteiger partial charge >= 0.3 is 0 Å². The van der Waals surface area contributed by atoms with Gasteiger partial charge in [-0.15, -0.1) is 24.0 Å². The maximum atomic E-state index is 5.71. The van der Waals surface area contributed by atoms with E-state index in [1.807, 2.05) is 0 Å². The number of hydrogen-bond acceptors (Lipinski definition) is 4. The van der Waals surface area contributed by atoms with Crippen molar-refractivity contribution in [3.05, 3.63) is 0 Å². The first kappa shape index (κ1) is 25.9. The summed E-state index contributed by atoms with van der Waals surface area (Å²) in [5, 5.41) is 3.47. The predicted molar refractivity (Wildman–Crippen MR) is 128 cm³/mol. The molecular formula is C21H43IN4O2. The van der Waals surface area contributed by atoms with Crippen LogP contribution in [0.15, 0.2) is 4.99 Å². The maximum absolute atomic E-state index is 5.71. The highest BCUT2D eigenvalue weighted by atomic mass is 127. The third-order valence-electron chi connectivity index (χ3n) is 5.55. The fourth-order valence-corrected chi connectivity index (χ4v) is 3.97. The van der Waals surface area contributed by atoms with E-state index in [1.165, 1.54) is 64.6 Å². The number of ether oxygens (including phenoxy) is 2. The zero-order valence-corrected chi connectivity index (χ0v) is 20.5. The Kier molecular flexibility index (Phi) is 15.4. The maximum Gasteiger partial charge on any atom is 0.193 e. The molecule has 28 heavy (non-hydrogen) atoms. The molecule has 0 aromatic rings. The number of hydrogen-bond donors (Lipinski definition) is 1. The summed E-state index contributed by atoms with van der Waals surface area (Å²) in [6, 6.07) is 0. The Labute approximate surface area is 189 Å². The number of methoxy groups -OCH3 is 1. The fraction of sp³-hybridized carbons (Fsp3) is 0.952. The third-order valence-corrected chi connectivity index (χ3v) is 5.55. The Morgan fingerprint density at radius 1 is 1.07 bits per heavy atom. The van der Waals surface area contributed by atoms with E-state index >= 15 is 0 Å². The second kappa shape index (κ2) is 16.7. The first-order valence-electron chi connectivity index (χ1n) is 11.2. The van der Waals surface area contributed by atoms with Crippen LogP contribution in [-0.4, -0.2) is 88.5 Å². The molecule has 1 atom stereocenters. The zero-order valence-electron chi connectivity index (χ0n) is 18.2. The number of guanidine groups is 1. The van der Waals surface area contributed by atoms with Crippen molar-refractivity contribution >= 4 is 29.9 Å². The zero-order chi connectivity index (χ0) is 19.2. The van der Waals surface area contributed by atoms with Crippen molar-refractivity contribution in [3.8, 4) is 0 Å². The lowest BCUT2D eigenvalue weighted by Gasteiger charge is -2.26. The van der Waals surface area contributed by atoms with Gasteiger partial charge in [0.25, 0.3) is 0 Å². The molecular weight excluding hydrogens is 467 g/mol. The number of likely N-dealkylation sites (tertiary alicyclic amines) is 2. The molecule has 1 N–H and O–H groups in total. The fourth-order valence-electron chi connectivity index (χ4n) is 3.97. The van der Waals surface area contributed by atoms with Crippen LogP contribution in [0.4, 0.5) is 0 Å². The van der Waals surface area contributed by atoms with E-state index in [-0.39, 0.29) is 24.0 Å². The summed E-state index contributed by atoms with van der Waals surface area (Å²) in [5.41, 5.74) is 0. The molecule has 2 heterocycles. The van der Waals surface area contributed by atoms with E-state index in [4.69, 9.17) is 14.5 Å². The summed E-state index contributed by atoms with van der Waals surface area (Å²) in [7, 11) is 1.72. The van der Waals surface area contributed by atoms with E-state index in [0.717, 1.165) is 38.7 Å². The van der Waals surface area contributed by atoms with Crippen LogP contribution >= 0.6 is 24.0 Å². The standard InChI is InChI=1S/C21H42N4O2.HI/c1-3-22-21(25-15-10-20(18-25)19-27-17-16-26-2)23-11-6-4-7-12-24-13-8-5-9-14-24;/h20H,3-19H2,1-2H3,(H,22,23);1H. The third kappa shape index (κ3) is 10.6. The molecule has 0 aromatic carbocycles. The average molecular weight is 511 g/mol. The second-order valence-corrected chi connectivity index (χ2v) is 7.87. The van der Waals surface area contributed by atoms with E-state index in [2.05, 4.69) is 22.0 Å². The van der Waals surface area contributed by atoms with Gasteiger partial charge in [-0.2, -0.15) is 0 Å². The Bertz CT molecular complexity index is 406. The van der Waals surface area contributed by atoms with Crippen molar-refractivity contribution < 1.29 is 9.47 Å². The van der Waals surface area contributed by atoms with Gasteiger partial charge < -0.3 is 24.6 Å². The molecule has 166 valence electrons. The highest BCUT2D eigenvalue weighted by Crippen LogP contribution is 2.17. The van der Waals surface area contributed by atoms with Gasteiger partial charge in [0.15, 0.2) is 5.96 Å². The first-order valence-corrected chi connectivity index (χ1v) is 11.2. The SMILES string of the molecule is CCNC(=NCCCCCN1CCCCC1)N1CCC(COCCOC)C1.I. The Morgan fingerprint density at radius 2 is 1.89 bits per heavy atom. The summed E-state index contributed by atoms with van der Waals surface area (Å²) in [4.78, 5) is 9.92. The van der Waals surface area contributed by atoms with Crippen molar-refractivity contribution in [2.24, 2.45) is 10.9 Å². The van der Waals surface area contributed by atoms with Gasteiger partial charge in [-0.3, -0.25) is 4.99 Å². The van der Waals surface area contributed by atoms with Crippen LogP contribution in [-0.2, 0) is 9.47 Å². The van der Waals surface area contributed by atoms with Crippen molar-refractivity contribution in [2.75, 3.05) is 72.7 Å². The highest BCUT2D eigenvalue weighted by molar-refractivity contribution is 14.0. The lowest BCUT2D eigenvalue weighted by atomic mass is 10.1. The number of unbranched alkanes of at least 4 members (excludes halogenated alkanes) is 2. The minimum absolute atomic E-state index is 0. The molecule has 2 rings (SSSR count). The number of nitrogens with one attached hydrogen (secondary N) is 1. The van der Waals surface area contributed by atoms with E-state index < -0.39 is 0 Å². The molecule has 0 amide bonds. The van der Waals surface area contributed by atoms with Gasteiger partial charge in [-0.05, 0) is 58.7 Å². The van der Waals surface area contributed by atoms with Crippen molar-refractivity contribution in [1.82, 2.24) is 15.1 Å². The van der Waals surface area contributed by atoms with Gasteiger partial charge in [-0.25, -0.2) is 0 Å². The molecule has 0 bridgehead atoms. The van der Waals surface area contributed by atoms with E-state index in [0.29, 0.717) is 19.1 Å². The smallest absolute Gasteiger partial charge is 0.193 e. The molecule has 2 aliphatic heterocycles. The largest absolute Gasteiger partial charge is 0.382 e. The van der Waals surface area contributed by atoms with Gasteiger partial charge in [-0.1, -0.05) is 12.8 Å². The molecule has 0 aliphatic carbocycles. The van der Waals surface area contributed by atoms with Gasteiger partial charge in [0, 0.05) is 39.2 Å². The number of nitrogens with zero attached hydrogens (tertiary/aromatic N) is 3. The van der Waals surface area contributed by atoms with Crippen LogP contribution in [0.1, 0.15) is 51.9 Å². The molecule has 0 spiro atoms. The Morgan fingerprint density at radius 3 is 2.64 bits per heavy atom. The summed E-state index contributed by atoms with van der Waals surface area (Å²) in [5.74, 6) is 1.70. The van der Waals surface area contributed by atoms with Crippen molar-refractivity contribution in [2.45, 2.75) is 51.9 Å². The number of aliphatic imine (C=N–C) groups is 1. The van der Waals surface area contributed by atoms with E-state index in [1.54, 1.807) is 7.11 Å². The second-order valence-electron chi connectivity index (χ2n) is 7.87. The number of rotatable bonds is 12. The van der Waals surface area contributed by atoms with Crippen LogP contribution in [0.5, 0.6) is 0 Å². The van der Waals surface area contributed by atoms with Crippen LogP contribution in [0.2, 0.25) is 0 Å². The summed E-state index contributed by atoms with van der Waals surface area (Å²) < 4.78 is 10.7. The molecule has 0 aromatic heterocycles. The van der Waals surface area contributed by atoms with Crippen LogP contribution < -0.4 is 5.32 Å². The summed E-state index contributed by atoms with van der Waals surface area (Å²) >= 11 is 0. The lowest BCUT2D eigenvalue weighted by Crippen LogP contribution is -2.40. The monoisotopic (exact) mass is 510 g/mol. The summed E-state index contributed by atoms with van der Waals surface area (Å²) in [6.07, 6.45) is 9.20. The minimum atomic E-state index is 0. The van der Waals surface area contributed by atoms with Gasteiger partial charge in [0.1, 0.15) is 0 Å². The Balaban J connectivity index is 0.00000392. The quantitative estimate of drug-likeness (QED) is 0.189. The van der Waals surface area contributed by atoms with Crippen molar-refractivity contribution in [3.63, 3.8) is 0 Å². The van der Waals surface area contributed by atoms with Gasteiger partial charge in [0.2, 0.25) is 0 Å². The van der Waals surface area contributed by atoms with Crippen LogP contribution in [0.25, 0.3) is 0 Å². The minimum Gasteiger partial charge on any atom is -0.382 e. The predicted octanol–water partition coefficient (Wildman–Crippen LogP) is 3.21. The molecule has 6 nitrogen and oxygen atoms in total.